The van der Waals surface area contributed by atoms with Crippen LogP contribution in [0.2, 0.25) is 0 Å². The first-order valence-electron chi connectivity index (χ1n) is 6.00. The summed E-state index contributed by atoms with van der Waals surface area (Å²) in [6, 6.07) is 6.48. The van der Waals surface area contributed by atoms with Gasteiger partial charge in [-0.05, 0) is 44.6 Å². The highest BCUT2D eigenvalue weighted by atomic mass is 16.5. The Bertz CT molecular complexity index is 321. The van der Waals surface area contributed by atoms with Crippen LogP contribution in [-0.4, -0.2) is 32.1 Å². The molecular formula is C14H23NO. The van der Waals surface area contributed by atoms with E-state index in [1.165, 1.54) is 11.1 Å². The van der Waals surface area contributed by atoms with Crippen molar-refractivity contribution in [2.45, 2.75) is 26.7 Å². The number of ether oxygens (including phenoxy) is 1. The second-order valence-corrected chi connectivity index (χ2v) is 4.51. The van der Waals surface area contributed by atoms with Crippen molar-refractivity contribution in [2.24, 2.45) is 0 Å². The third kappa shape index (κ3) is 4.23. The van der Waals surface area contributed by atoms with Crippen molar-refractivity contribution >= 4 is 0 Å². The van der Waals surface area contributed by atoms with Crippen LogP contribution in [0.5, 0.6) is 5.75 Å². The lowest BCUT2D eigenvalue weighted by molar-refractivity contribution is 0.259. The molecule has 1 aromatic rings. The Morgan fingerprint density at radius 1 is 1.25 bits per heavy atom. The van der Waals surface area contributed by atoms with Crippen LogP contribution in [0.1, 0.15) is 24.5 Å². The van der Waals surface area contributed by atoms with Crippen LogP contribution >= 0.6 is 0 Å². The van der Waals surface area contributed by atoms with Crippen LogP contribution in [0.15, 0.2) is 18.2 Å². The molecule has 0 spiro atoms. The average molecular weight is 221 g/mol. The monoisotopic (exact) mass is 221 g/mol. The van der Waals surface area contributed by atoms with Crippen LogP contribution < -0.4 is 4.74 Å². The van der Waals surface area contributed by atoms with Gasteiger partial charge in [0.1, 0.15) is 12.4 Å². The van der Waals surface area contributed by atoms with Gasteiger partial charge in [-0.15, -0.1) is 0 Å². The second-order valence-electron chi connectivity index (χ2n) is 4.51. The molecule has 0 atom stereocenters. The highest BCUT2D eigenvalue weighted by molar-refractivity contribution is 5.37. The van der Waals surface area contributed by atoms with Gasteiger partial charge in [0.05, 0.1) is 0 Å². The quantitative estimate of drug-likeness (QED) is 0.732. The van der Waals surface area contributed by atoms with E-state index in [-0.39, 0.29) is 0 Å². The van der Waals surface area contributed by atoms with Crippen LogP contribution in [0.4, 0.5) is 0 Å². The van der Waals surface area contributed by atoms with Crippen molar-refractivity contribution in [2.75, 3.05) is 27.2 Å². The molecule has 1 aromatic carbocycles. The van der Waals surface area contributed by atoms with E-state index in [1.807, 2.05) is 0 Å². The molecule has 0 bridgehead atoms. The predicted molar refractivity (Wildman–Crippen MR) is 69.2 cm³/mol. The maximum Gasteiger partial charge on any atom is 0.122 e. The van der Waals surface area contributed by atoms with Gasteiger partial charge < -0.3 is 9.64 Å². The number of hydrogen-bond acceptors (Lipinski definition) is 2. The van der Waals surface area contributed by atoms with Crippen molar-refractivity contribution < 1.29 is 4.74 Å². The molecular weight excluding hydrogens is 198 g/mol. The maximum atomic E-state index is 5.84. The number of hydrogen-bond donors (Lipinski definition) is 0. The van der Waals surface area contributed by atoms with Crippen LogP contribution in [0, 0.1) is 6.92 Å². The minimum atomic E-state index is 0.757. The molecule has 0 saturated carbocycles. The second kappa shape index (κ2) is 6.54. The Labute approximate surface area is 99.2 Å². The lowest BCUT2D eigenvalue weighted by atomic mass is 10.1. The minimum Gasteiger partial charge on any atom is -0.492 e. The first kappa shape index (κ1) is 13.0. The van der Waals surface area contributed by atoms with Gasteiger partial charge in [-0.25, -0.2) is 0 Å². The number of likely N-dealkylation sites (N-methyl/N-ethyl adjacent to an activating group) is 1. The van der Waals surface area contributed by atoms with E-state index in [2.05, 4.69) is 51.0 Å². The van der Waals surface area contributed by atoms with Crippen molar-refractivity contribution in [1.29, 1.82) is 0 Å². The van der Waals surface area contributed by atoms with Gasteiger partial charge in [-0.3, -0.25) is 0 Å². The van der Waals surface area contributed by atoms with Gasteiger partial charge in [-0.1, -0.05) is 25.5 Å². The van der Waals surface area contributed by atoms with Crippen LogP contribution in [0.3, 0.4) is 0 Å². The SMILES string of the molecule is CCCc1ccc(C)cc1OCCN(C)C. The fraction of sp³-hybridized carbons (Fsp3) is 0.571. The highest BCUT2D eigenvalue weighted by Crippen LogP contribution is 2.21. The lowest BCUT2D eigenvalue weighted by Crippen LogP contribution is -2.19. The highest BCUT2D eigenvalue weighted by Gasteiger charge is 2.03. The molecule has 0 amide bonds. The molecule has 0 fully saturated rings. The molecule has 0 heterocycles. The van der Waals surface area contributed by atoms with E-state index in [1.54, 1.807) is 0 Å². The van der Waals surface area contributed by atoms with Gasteiger partial charge in [0.2, 0.25) is 0 Å². The largest absolute Gasteiger partial charge is 0.492 e. The molecule has 90 valence electrons. The smallest absolute Gasteiger partial charge is 0.122 e. The Morgan fingerprint density at radius 2 is 2.00 bits per heavy atom. The van der Waals surface area contributed by atoms with E-state index >= 15 is 0 Å². The molecule has 0 N–H and O–H groups in total. The van der Waals surface area contributed by atoms with Gasteiger partial charge in [0.25, 0.3) is 0 Å². The predicted octanol–water partition coefficient (Wildman–Crippen LogP) is 2.89. The molecule has 0 aliphatic heterocycles. The Morgan fingerprint density at radius 3 is 2.62 bits per heavy atom. The zero-order valence-electron chi connectivity index (χ0n) is 10.9. The summed E-state index contributed by atoms with van der Waals surface area (Å²) in [5.74, 6) is 1.06. The van der Waals surface area contributed by atoms with E-state index in [0.29, 0.717) is 0 Å². The molecule has 2 nitrogen and oxygen atoms in total. The Kier molecular flexibility index (Phi) is 5.33. The first-order valence-corrected chi connectivity index (χ1v) is 6.00. The standard InChI is InChI=1S/C14H23NO/c1-5-6-13-8-7-12(2)11-14(13)16-10-9-15(3)4/h7-8,11H,5-6,9-10H2,1-4H3. The van der Waals surface area contributed by atoms with Crippen LogP contribution in [0.25, 0.3) is 0 Å². The fourth-order valence-corrected chi connectivity index (χ4v) is 1.61. The zero-order chi connectivity index (χ0) is 12.0. The normalized spacial score (nSPS) is 10.8. The van der Waals surface area contributed by atoms with Gasteiger partial charge in [0.15, 0.2) is 0 Å². The van der Waals surface area contributed by atoms with Gasteiger partial charge in [0, 0.05) is 6.54 Å². The average Bonchev–Trinajstić information content (AvgIpc) is 2.21. The Hall–Kier alpha value is -1.02. The topological polar surface area (TPSA) is 12.5 Å². The van der Waals surface area contributed by atoms with Gasteiger partial charge in [-0.2, -0.15) is 0 Å². The third-order valence-electron chi connectivity index (χ3n) is 2.54. The first-order chi connectivity index (χ1) is 7.63. The van der Waals surface area contributed by atoms with Crippen molar-refractivity contribution in [3.05, 3.63) is 29.3 Å². The van der Waals surface area contributed by atoms with E-state index in [4.69, 9.17) is 4.74 Å². The van der Waals surface area contributed by atoms with Crippen molar-refractivity contribution in [3.8, 4) is 5.75 Å². The number of aryl methyl sites for hydroxylation is 2. The molecule has 0 unspecified atom stereocenters. The van der Waals surface area contributed by atoms with E-state index < -0.39 is 0 Å². The van der Waals surface area contributed by atoms with Crippen molar-refractivity contribution in [1.82, 2.24) is 4.90 Å². The van der Waals surface area contributed by atoms with Crippen molar-refractivity contribution in [3.63, 3.8) is 0 Å². The molecule has 2 heteroatoms. The van der Waals surface area contributed by atoms with E-state index in [0.717, 1.165) is 31.7 Å². The molecule has 0 radical (unpaired) electrons. The Balaban J connectivity index is 2.64. The summed E-state index contributed by atoms with van der Waals surface area (Å²) in [5.41, 5.74) is 2.59. The summed E-state index contributed by atoms with van der Waals surface area (Å²) < 4.78 is 5.84. The molecule has 16 heavy (non-hydrogen) atoms. The molecule has 1 rings (SSSR count). The number of benzene rings is 1. The van der Waals surface area contributed by atoms with Gasteiger partial charge >= 0.3 is 0 Å². The molecule has 0 aliphatic carbocycles. The number of nitrogens with zero attached hydrogens (tertiary/aromatic N) is 1. The third-order valence-corrected chi connectivity index (χ3v) is 2.54. The number of rotatable bonds is 6. The summed E-state index contributed by atoms with van der Waals surface area (Å²) in [7, 11) is 4.12. The van der Waals surface area contributed by atoms with E-state index in [9.17, 15) is 0 Å². The molecule has 0 aliphatic rings. The summed E-state index contributed by atoms with van der Waals surface area (Å²) in [4.78, 5) is 2.13. The summed E-state index contributed by atoms with van der Waals surface area (Å²) in [5, 5.41) is 0. The lowest BCUT2D eigenvalue weighted by Gasteiger charge is -2.14. The summed E-state index contributed by atoms with van der Waals surface area (Å²) in [6.45, 7) is 6.02. The molecule has 0 saturated heterocycles. The zero-order valence-corrected chi connectivity index (χ0v) is 10.9. The summed E-state index contributed by atoms with van der Waals surface area (Å²) >= 11 is 0. The summed E-state index contributed by atoms with van der Waals surface area (Å²) in [6.07, 6.45) is 2.25. The fourth-order valence-electron chi connectivity index (χ4n) is 1.61. The minimum absolute atomic E-state index is 0.757. The van der Waals surface area contributed by atoms with Crippen LogP contribution in [-0.2, 0) is 6.42 Å². The maximum absolute atomic E-state index is 5.84. The molecule has 0 aromatic heterocycles.